The summed E-state index contributed by atoms with van der Waals surface area (Å²) < 4.78 is 16.5. The Balaban J connectivity index is 1.77. The molecule has 142 valence electrons. The zero-order chi connectivity index (χ0) is 18.8. The maximum Gasteiger partial charge on any atom is 0.243 e. The van der Waals surface area contributed by atoms with Crippen LogP contribution in [0.5, 0.6) is 11.5 Å². The molecule has 0 atom stereocenters. The molecule has 1 N–H and O–H groups in total. The summed E-state index contributed by atoms with van der Waals surface area (Å²) in [6, 6.07) is 6.09. The second-order valence-electron chi connectivity index (χ2n) is 8.26. The number of benzene rings is 1. The summed E-state index contributed by atoms with van der Waals surface area (Å²) in [5.74, 6) is 1.52. The van der Waals surface area contributed by atoms with Gasteiger partial charge in [0.25, 0.3) is 0 Å². The van der Waals surface area contributed by atoms with E-state index in [0.29, 0.717) is 19.8 Å². The maximum absolute atomic E-state index is 12.4. The molecule has 1 aromatic rings. The third kappa shape index (κ3) is 4.04. The highest BCUT2D eigenvalue weighted by Gasteiger charge is 2.36. The molecule has 0 spiro atoms. The van der Waals surface area contributed by atoms with Gasteiger partial charge >= 0.3 is 0 Å². The highest BCUT2D eigenvalue weighted by Crippen LogP contribution is 2.40. The SMILES string of the molecule is C/C(=C\C(=O)NCC1(c2ccc3c(c2)OCO3)CCOCC1)C(C)(C)C. The van der Waals surface area contributed by atoms with E-state index < -0.39 is 0 Å². The molecular weight excluding hydrogens is 330 g/mol. The van der Waals surface area contributed by atoms with E-state index in [9.17, 15) is 4.79 Å². The first kappa shape index (κ1) is 18.8. The summed E-state index contributed by atoms with van der Waals surface area (Å²) in [5, 5.41) is 3.12. The number of rotatable bonds is 4. The van der Waals surface area contributed by atoms with Crippen molar-refractivity contribution >= 4 is 5.91 Å². The number of allylic oxidation sites excluding steroid dienone is 1. The smallest absolute Gasteiger partial charge is 0.243 e. The van der Waals surface area contributed by atoms with Gasteiger partial charge in [-0.15, -0.1) is 0 Å². The highest BCUT2D eigenvalue weighted by atomic mass is 16.7. The number of nitrogens with one attached hydrogen (secondary N) is 1. The first-order chi connectivity index (χ1) is 12.3. The Labute approximate surface area is 155 Å². The van der Waals surface area contributed by atoms with E-state index in [1.165, 1.54) is 5.56 Å². The molecule has 0 saturated carbocycles. The Hall–Kier alpha value is -2.01. The number of hydrogen-bond acceptors (Lipinski definition) is 4. The number of carbonyl (C=O) groups is 1. The van der Waals surface area contributed by atoms with E-state index in [0.717, 1.165) is 29.9 Å². The van der Waals surface area contributed by atoms with Crippen LogP contribution in [0.2, 0.25) is 0 Å². The van der Waals surface area contributed by atoms with Gasteiger partial charge < -0.3 is 19.5 Å². The van der Waals surface area contributed by atoms with E-state index in [-0.39, 0.29) is 23.5 Å². The predicted molar refractivity (Wildman–Crippen MR) is 101 cm³/mol. The Morgan fingerprint density at radius 1 is 1.19 bits per heavy atom. The van der Waals surface area contributed by atoms with Crippen LogP contribution in [-0.2, 0) is 14.9 Å². The van der Waals surface area contributed by atoms with Gasteiger partial charge in [0.15, 0.2) is 11.5 Å². The fourth-order valence-corrected chi connectivity index (χ4v) is 3.28. The van der Waals surface area contributed by atoms with Crippen molar-refractivity contribution in [2.24, 2.45) is 5.41 Å². The van der Waals surface area contributed by atoms with Crippen LogP contribution in [0.15, 0.2) is 29.8 Å². The minimum absolute atomic E-state index is 0.00890. The fraction of sp³-hybridized carbons (Fsp3) is 0.571. The average Bonchev–Trinajstić information content (AvgIpc) is 3.07. The number of ether oxygens (including phenoxy) is 3. The van der Waals surface area contributed by atoms with Crippen LogP contribution in [0.25, 0.3) is 0 Å². The van der Waals surface area contributed by atoms with Crippen LogP contribution >= 0.6 is 0 Å². The van der Waals surface area contributed by atoms with Crippen LogP contribution in [0.4, 0.5) is 0 Å². The fourth-order valence-electron chi connectivity index (χ4n) is 3.28. The molecule has 1 fully saturated rings. The first-order valence-electron chi connectivity index (χ1n) is 9.25. The minimum atomic E-state index is -0.141. The normalized spacial score (nSPS) is 19.3. The molecule has 1 aromatic carbocycles. The highest BCUT2D eigenvalue weighted by molar-refractivity contribution is 5.88. The van der Waals surface area contributed by atoms with Crippen LogP contribution < -0.4 is 14.8 Å². The van der Waals surface area contributed by atoms with Crippen molar-refractivity contribution in [2.75, 3.05) is 26.6 Å². The number of hydrogen-bond donors (Lipinski definition) is 1. The molecule has 0 bridgehead atoms. The van der Waals surface area contributed by atoms with E-state index in [1.807, 2.05) is 13.0 Å². The van der Waals surface area contributed by atoms with E-state index >= 15 is 0 Å². The van der Waals surface area contributed by atoms with Crippen molar-refractivity contribution in [1.82, 2.24) is 5.32 Å². The monoisotopic (exact) mass is 359 g/mol. The quantitative estimate of drug-likeness (QED) is 0.835. The molecule has 5 heteroatoms. The summed E-state index contributed by atoms with van der Waals surface area (Å²) in [5.41, 5.74) is 2.09. The Bertz CT molecular complexity index is 696. The van der Waals surface area contributed by atoms with Crippen LogP contribution in [0.3, 0.4) is 0 Å². The zero-order valence-corrected chi connectivity index (χ0v) is 16.2. The standard InChI is InChI=1S/C21H29NO4/c1-15(20(2,3)4)11-19(23)22-13-21(7-9-24-10-8-21)16-5-6-17-18(12-16)26-14-25-17/h5-6,11-12H,7-10,13-14H2,1-4H3,(H,22,23)/b15-11+. The van der Waals surface area contributed by atoms with E-state index in [2.05, 4.69) is 38.2 Å². The maximum atomic E-state index is 12.4. The van der Waals surface area contributed by atoms with Crippen molar-refractivity contribution in [2.45, 2.75) is 46.0 Å². The van der Waals surface area contributed by atoms with Crippen molar-refractivity contribution < 1.29 is 19.0 Å². The Morgan fingerprint density at radius 2 is 1.88 bits per heavy atom. The molecule has 1 saturated heterocycles. The van der Waals surface area contributed by atoms with Crippen LogP contribution in [0, 0.1) is 5.41 Å². The molecule has 26 heavy (non-hydrogen) atoms. The van der Waals surface area contributed by atoms with Gasteiger partial charge in [-0.25, -0.2) is 0 Å². The minimum Gasteiger partial charge on any atom is -0.454 e. The largest absolute Gasteiger partial charge is 0.454 e. The van der Waals surface area contributed by atoms with E-state index in [1.54, 1.807) is 6.08 Å². The molecule has 0 radical (unpaired) electrons. The zero-order valence-electron chi connectivity index (χ0n) is 16.2. The number of fused-ring (bicyclic) bond motifs is 1. The molecule has 2 heterocycles. The molecule has 2 aliphatic rings. The van der Waals surface area contributed by atoms with Crippen molar-refractivity contribution in [3.63, 3.8) is 0 Å². The van der Waals surface area contributed by atoms with Crippen molar-refractivity contribution in [1.29, 1.82) is 0 Å². The van der Waals surface area contributed by atoms with Gasteiger partial charge in [0.2, 0.25) is 12.7 Å². The van der Waals surface area contributed by atoms with Gasteiger partial charge in [0.05, 0.1) is 0 Å². The lowest BCUT2D eigenvalue weighted by molar-refractivity contribution is -0.117. The molecule has 0 aromatic heterocycles. The van der Waals surface area contributed by atoms with Gasteiger partial charge in [0.1, 0.15) is 0 Å². The molecule has 0 unspecified atom stereocenters. The second-order valence-corrected chi connectivity index (χ2v) is 8.26. The summed E-state index contributed by atoms with van der Waals surface area (Å²) in [6.07, 6.45) is 3.45. The lowest BCUT2D eigenvalue weighted by Crippen LogP contribution is -2.44. The molecule has 0 aliphatic carbocycles. The lowest BCUT2D eigenvalue weighted by atomic mass is 9.74. The summed E-state index contributed by atoms with van der Waals surface area (Å²) in [6.45, 7) is 10.6. The van der Waals surface area contributed by atoms with E-state index in [4.69, 9.17) is 14.2 Å². The summed E-state index contributed by atoms with van der Waals surface area (Å²) >= 11 is 0. The van der Waals surface area contributed by atoms with Crippen molar-refractivity contribution in [3.8, 4) is 11.5 Å². The molecule has 5 nitrogen and oxygen atoms in total. The lowest BCUT2D eigenvalue weighted by Gasteiger charge is -2.38. The molecule has 1 amide bonds. The summed E-state index contributed by atoms with van der Waals surface area (Å²) in [7, 11) is 0. The van der Waals surface area contributed by atoms with Crippen LogP contribution in [-0.4, -0.2) is 32.5 Å². The Morgan fingerprint density at radius 3 is 2.58 bits per heavy atom. The molecular formula is C21H29NO4. The van der Waals surface area contributed by atoms with Gasteiger partial charge in [-0.3, -0.25) is 4.79 Å². The first-order valence-corrected chi connectivity index (χ1v) is 9.25. The second kappa shape index (κ2) is 7.31. The number of amides is 1. The third-order valence-corrected chi connectivity index (χ3v) is 5.57. The average molecular weight is 359 g/mol. The number of carbonyl (C=O) groups excluding carboxylic acids is 1. The summed E-state index contributed by atoms with van der Waals surface area (Å²) in [4.78, 5) is 12.4. The topological polar surface area (TPSA) is 56.8 Å². The molecule has 3 rings (SSSR count). The predicted octanol–water partition coefficient (Wildman–Crippen LogP) is 3.57. The molecule has 2 aliphatic heterocycles. The van der Waals surface area contributed by atoms with Crippen LogP contribution in [0.1, 0.15) is 46.1 Å². The van der Waals surface area contributed by atoms with Gasteiger partial charge in [-0.1, -0.05) is 32.4 Å². The van der Waals surface area contributed by atoms with Gasteiger partial charge in [0, 0.05) is 31.2 Å². The van der Waals surface area contributed by atoms with Gasteiger partial charge in [-0.05, 0) is 42.9 Å². The third-order valence-electron chi connectivity index (χ3n) is 5.57. The van der Waals surface area contributed by atoms with Gasteiger partial charge in [-0.2, -0.15) is 0 Å². The Kier molecular flexibility index (Phi) is 5.28. The van der Waals surface area contributed by atoms with Crippen molar-refractivity contribution in [3.05, 3.63) is 35.4 Å².